The molecule has 1 aliphatic carbocycles. The van der Waals surface area contributed by atoms with Gasteiger partial charge >= 0.3 is 5.97 Å². The Bertz CT molecular complexity index is 526. The van der Waals surface area contributed by atoms with Gasteiger partial charge in [-0.25, -0.2) is 0 Å². The standard InChI is InChI=1S/C18H28O6/c1-11(9-19)5-6-14-17(3,24-14)16-15(21-4)13(23-12(2)20)7-8-18(16)10-22-18/h5,13-16,19H,6-10H2,1-4H3. The van der Waals surface area contributed by atoms with Crippen LogP contribution >= 0.6 is 0 Å². The lowest BCUT2D eigenvalue weighted by atomic mass is 9.68. The molecule has 1 spiro atoms. The zero-order valence-electron chi connectivity index (χ0n) is 14.9. The third-order valence-corrected chi connectivity index (χ3v) is 5.74. The molecule has 3 aliphatic rings. The van der Waals surface area contributed by atoms with Gasteiger partial charge in [-0.05, 0) is 33.1 Å². The molecule has 1 saturated carbocycles. The molecule has 6 atom stereocenters. The minimum absolute atomic E-state index is 0.0286. The van der Waals surface area contributed by atoms with Crippen molar-refractivity contribution in [3.63, 3.8) is 0 Å². The van der Waals surface area contributed by atoms with E-state index in [4.69, 9.17) is 24.1 Å². The fraction of sp³-hybridized carbons (Fsp3) is 0.833. The van der Waals surface area contributed by atoms with Crippen LogP contribution < -0.4 is 0 Å². The molecule has 0 amide bonds. The second-order valence-corrected chi connectivity index (χ2v) is 7.45. The quantitative estimate of drug-likeness (QED) is 0.449. The summed E-state index contributed by atoms with van der Waals surface area (Å²) in [6.07, 6.45) is 3.95. The molecule has 3 fully saturated rings. The molecule has 3 rings (SSSR count). The molecule has 2 heterocycles. The normalized spacial score (nSPS) is 44.5. The maximum atomic E-state index is 11.4. The van der Waals surface area contributed by atoms with Gasteiger partial charge in [0.15, 0.2) is 0 Å². The Kier molecular flexibility index (Phi) is 4.77. The van der Waals surface area contributed by atoms with Crippen molar-refractivity contribution in [1.29, 1.82) is 0 Å². The van der Waals surface area contributed by atoms with Crippen molar-refractivity contribution < 1.29 is 28.8 Å². The Labute approximate surface area is 143 Å². The molecular formula is C18H28O6. The summed E-state index contributed by atoms with van der Waals surface area (Å²) in [5, 5.41) is 9.14. The van der Waals surface area contributed by atoms with Gasteiger partial charge in [0, 0.05) is 14.0 Å². The summed E-state index contributed by atoms with van der Waals surface area (Å²) in [6, 6.07) is 0. The van der Waals surface area contributed by atoms with E-state index in [2.05, 4.69) is 6.92 Å². The van der Waals surface area contributed by atoms with E-state index in [1.54, 1.807) is 7.11 Å². The summed E-state index contributed by atoms with van der Waals surface area (Å²) in [5.41, 5.74) is 0.369. The number of epoxide rings is 2. The van der Waals surface area contributed by atoms with Gasteiger partial charge in [0.05, 0.1) is 25.2 Å². The molecule has 1 N–H and O–H groups in total. The minimum Gasteiger partial charge on any atom is -0.460 e. The molecule has 136 valence electrons. The van der Waals surface area contributed by atoms with Crippen LogP contribution in [0.5, 0.6) is 0 Å². The van der Waals surface area contributed by atoms with E-state index >= 15 is 0 Å². The summed E-state index contributed by atoms with van der Waals surface area (Å²) in [6.45, 7) is 6.20. The molecule has 0 aromatic rings. The number of hydrogen-bond acceptors (Lipinski definition) is 6. The number of hydrogen-bond donors (Lipinski definition) is 1. The molecule has 6 nitrogen and oxygen atoms in total. The Morgan fingerprint density at radius 3 is 2.67 bits per heavy atom. The number of esters is 1. The van der Waals surface area contributed by atoms with Crippen molar-refractivity contribution in [2.45, 2.75) is 69.5 Å². The monoisotopic (exact) mass is 340 g/mol. The predicted molar refractivity (Wildman–Crippen MR) is 86.5 cm³/mol. The third-order valence-electron chi connectivity index (χ3n) is 5.74. The average molecular weight is 340 g/mol. The van der Waals surface area contributed by atoms with E-state index in [-0.39, 0.29) is 48.0 Å². The third kappa shape index (κ3) is 3.12. The van der Waals surface area contributed by atoms with E-state index in [0.717, 1.165) is 24.8 Å². The summed E-state index contributed by atoms with van der Waals surface area (Å²) in [7, 11) is 1.66. The topological polar surface area (TPSA) is 80.8 Å². The summed E-state index contributed by atoms with van der Waals surface area (Å²) >= 11 is 0. The van der Waals surface area contributed by atoms with E-state index in [0.29, 0.717) is 6.61 Å². The van der Waals surface area contributed by atoms with E-state index in [1.807, 2.05) is 13.0 Å². The Hall–Kier alpha value is -0.950. The largest absolute Gasteiger partial charge is 0.460 e. The van der Waals surface area contributed by atoms with Crippen molar-refractivity contribution in [3.8, 4) is 0 Å². The number of aliphatic hydroxyl groups is 1. The molecule has 2 aliphatic heterocycles. The first-order valence-electron chi connectivity index (χ1n) is 8.64. The van der Waals surface area contributed by atoms with Gasteiger partial charge in [0.25, 0.3) is 0 Å². The molecule has 24 heavy (non-hydrogen) atoms. The lowest BCUT2D eigenvalue weighted by Crippen LogP contribution is -2.55. The zero-order valence-corrected chi connectivity index (χ0v) is 14.9. The number of carbonyl (C=O) groups is 1. The first-order chi connectivity index (χ1) is 11.4. The number of carbonyl (C=O) groups excluding carboxylic acids is 1. The van der Waals surface area contributed by atoms with Crippen molar-refractivity contribution in [1.82, 2.24) is 0 Å². The number of aliphatic hydroxyl groups excluding tert-OH is 1. The Balaban J connectivity index is 1.77. The van der Waals surface area contributed by atoms with Gasteiger partial charge in [0.1, 0.15) is 23.4 Å². The molecular weight excluding hydrogens is 312 g/mol. The maximum Gasteiger partial charge on any atom is 0.302 e. The van der Waals surface area contributed by atoms with Crippen LogP contribution in [0.15, 0.2) is 11.6 Å². The van der Waals surface area contributed by atoms with Crippen LogP contribution in [0.4, 0.5) is 0 Å². The molecule has 6 unspecified atom stereocenters. The van der Waals surface area contributed by atoms with Crippen molar-refractivity contribution in [3.05, 3.63) is 11.6 Å². The highest BCUT2D eigenvalue weighted by Gasteiger charge is 2.72. The number of ether oxygens (including phenoxy) is 4. The molecule has 0 bridgehead atoms. The van der Waals surface area contributed by atoms with Crippen LogP contribution in [0.25, 0.3) is 0 Å². The second kappa shape index (κ2) is 6.41. The van der Waals surface area contributed by atoms with Crippen LogP contribution in [-0.2, 0) is 23.7 Å². The molecule has 0 aromatic carbocycles. The second-order valence-electron chi connectivity index (χ2n) is 7.45. The lowest BCUT2D eigenvalue weighted by Gasteiger charge is -2.42. The van der Waals surface area contributed by atoms with Crippen molar-refractivity contribution >= 4 is 5.97 Å². The lowest BCUT2D eigenvalue weighted by molar-refractivity contribution is -0.169. The van der Waals surface area contributed by atoms with Crippen LogP contribution in [0.2, 0.25) is 0 Å². The summed E-state index contributed by atoms with van der Waals surface area (Å²) < 4.78 is 23.2. The zero-order chi connectivity index (χ0) is 17.5. The molecule has 0 radical (unpaired) electrons. The molecule has 0 aromatic heterocycles. The van der Waals surface area contributed by atoms with Crippen LogP contribution in [-0.4, -0.2) is 60.9 Å². The van der Waals surface area contributed by atoms with E-state index < -0.39 is 0 Å². The van der Waals surface area contributed by atoms with Gasteiger partial charge in [0.2, 0.25) is 0 Å². The first kappa shape index (κ1) is 17.9. The summed E-state index contributed by atoms with van der Waals surface area (Å²) in [4.78, 5) is 11.4. The predicted octanol–water partition coefficient (Wildman–Crippen LogP) is 1.60. The fourth-order valence-corrected chi connectivity index (χ4v) is 4.31. The van der Waals surface area contributed by atoms with Crippen molar-refractivity contribution in [2.24, 2.45) is 5.92 Å². The minimum atomic E-state index is -0.359. The fourth-order valence-electron chi connectivity index (χ4n) is 4.31. The average Bonchev–Trinajstić information content (AvgIpc) is 3.44. The van der Waals surface area contributed by atoms with Crippen LogP contribution in [0.3, 0.4) is 0 Å². The molecule has 6 heteroatoms. The number of rotatable bonds is 6. The van der Waals surface area contributed by atoms with Crippen LogP contribution in [0.1, 0.15) is 40.0 Å². The van der Waals surface area contributed by atoms with Gasteiger partial charge in [-0.1, -0.05) is 11.6 Å². The molecule has 2 saturated heterocycles. The highest BCUT2D eigenvalue weighted by atomic mass is 16.6. The first-order valence-corrected chi connectivity index (χ1v) is 8.64. The van der Waals surface area contributed by atoms with Gasteiger partial charge in [-0.3, -0.25) is 4.79 Å². The smallest absolute Gasteiger partial charge is 0.302 e. The van der Waals surface area contributed by atoms with E-state index in [1.165, 1.54) is 6.92 Å². The highest BCUT2D eigenvalue weighted by molar-refractivity contribution is 5.66. The van der Waals surface area contributed by atoms with Gasteiger partial charge < -0.3 is 24.1 Å². The van der Waals surface area contributed by atoms with Crippen LogP contribution in [0, 0.1) is 5.92 Å². The Morgan fingerprint density at radius 2 is 2.12 bits per heavy atom. The highest BCUT2D eigenvalue weighted by Crippen LogP contribution is 2.59. The van der Waals surface area contributed by atoms with Crippen molar-refractivity contribution in [2.75, 3.05) is 20.3 Å². The number of methoxy groups -OCH3 is 1. The Morgan fingerprint density at radius 1 is 1.42 bits per heavy atom. The maximum absolute atomic E-state index is 11.4. The van der Waals surface area contributed by atoms with Gasteiger partial charge in [-0.2, -0.15) is 0 Å². The van der Waals surface area contributed by atoms with Gasteiger partial charge in [-0.15, -0.1) is 0 Å². The summed E-state index contributed by atoms with van der Waals surface area (Å²) in [5.74, 6) is -0.255. The SMILES string of the molecule is COC1C(OC(C)=O)CCC2(CO2)C1C1(C)OC1CC=C(C)CO. The van der Waals surface area contributed by atoms with E-state index in [9.17, 15) is 4.79 Å².